The van der Waals surface area contributed by atoms with Crippen molar-refractivity contribution in [2.45, 2.75) is 37.2 Å². The minimum Gasteiger partial charge on any atom is -0.472 e. The van der Waals surface area contributed by atoms with E-state index in [1.807, 2.05) is 18.2 Å². The Kier molecular flexibility index (Phi) is 6.52. The maximum absolute atomic E-state index is 13.0. The molecule has 2 aromatic rings. The molecule has 0 saturated carbocycles. The molecular formula is C19H26N4O3S. The largest absolute Gasteiger partial charge is 0.472 e. The molecule has 0 aliphatic carbocycles. The van der Waals surface area contributed by atoms with E-state index in [0.29, 0.717) is 37.0 Å². The summed E-state index contributed by atoms with van der Waals surface area (Å²) < 4.78 is 32.7. The molecule has 146 valence electrons. The molecule has 3 rings (SSSR count). The Morgan fingerprint density at radius 1 is 1.11 bits per heavy atom. The molecule has 8 heteroatoms. The molecule has 0 unspecified atom stereocenters. The number of sulfonamides is 1. The molecule has 0 radical (unpaired) electrons. The third-order valence-electron chi connectivity index (χ3n) is 4.62. The molecule has 2 heterocycles. The molecular weight excluding hydrogens is 364 g/mol. The Balaban J connectivity index is 1.68. The Bertz CT molecular complexity index is 857. The molecule has 0 bridgehead atoms. The van der Waals surface area contributed by atoms with Crippen molar-refractivity contribution in [3.63, 3.8) is 0 Å². The van der Waals surface area contributed by atoms with Crippen LogP contribution in [0.3, 0.4) is 0 Å². The quantitative estimate of drug-likeness (QED) is 0.584. The lowest BCUT2D eigenvalue weighted by Crippen LogP contribution is -2.38. The molecule has 0 spiro atoms. The molecule has 1 aromatic heterocycles. The highest BCUT2D eigenvalue weighted by Gasteiger charge is 2.27. The first-order valence-electron chi connectivity index (χ1n) is 9.15. The Morgan fingerprint density at radius 2 is 1.85 bits per heavy atom. The van der Waals surface area contributed by atoms with Crippen molar-refractivity contribution in [3.05, 3.63) is 54.0 Å². The number of nitrogens with one attached hydrogen (secondary N) is 2. The van der Waals surface area contributed by atoms with Crippen LogP contribution in [0.2, 0.25) is 0 Å². The average molecular weight is 391 g/mol. The second-order valence-corrected chi connectivity index (χ2v) is 8.39. The van der Waals surface area contributed by atoms with E-state index in [-0.39, 0.29) is 0 Å². The van der Waals surface area contributed by atoms with Crippen LogP contribution in [0.15, 0.2) is 57.2 Å². The van der Waals surface area contributed by atoms with Crippen LogP contribution in [0, 0.1) is 0 Å². The van der Waals surface area contributed by atoms with E-state index in [1.165, 1.54) is 0 Å². The molecule has 1 aromatic carbocycles. The first-order valence-corrected chi connectivity index (χ1v) is 10.6. The Labute approximate surface area is 160 Å². The standard InChI is InChI=1S/C19H26N4O3S/c1-20-19(21-13-16-9-12-26-15-16)22-14-17-7-3-4-8-18(17)27(24,25)23-10-5-2-6-11-23/h3-4,7-9,12,15H,2,5-6,10-11,13-14H2,1H3,(H2,20,21,22). The molecule has 1 fully saturated rings. The number of benzene rings is 1. The number of nitrogens with zero attached hydrogens (tertiary/aromatic N) is 2. The van der Waals surface area contributed by atoms with Crippen LogP contribution in [0.5, 0.6) is 0 Å². The first-order chi connectivity index (χ1) is 13.1. The number of aliphatic imine (C=N–C) groups is 1. The second kappa shape index (κ2) is 9.05. The van der Waals surface area contributed by atoms with Crippen molar-refractivity contribution in [3.8, 4) is 0 Å². The van der Waals surface area contributed by atoms with E-state index in [4.69, 9.17) is 4.42 Å². The summed E-state index contributed by atoms with van der Waals surface area (Å²) in [6, 6.07) is 9.02. The minimum atomic E-state index is -3.47. The van der Waals surface area contributed by atoms with E-state index in [9.17, 15) is 8.42 Å². The molecule has 27 heavy (non-hydrogen) atoms. The fraction of sp³-hybridized carbons (Fsp3) is 0.421. The first kappa shape index (κ1) is 19.4. The number of furan rings is 1. The predicted octanol–water partition coefficient (Wildman–Crippen LogP) is 2.32. The van der Waals surface area contributed by atoms with Gasteiger partial charge in [0.25, 0.3) is 0 Å². The molecule has 0 amide bonds. The van der Waals surface area contributed by atoms with Gasteiger partial charge < -0.3 is 15.1 Å². The van der Waals surface area contributed by atoms with Gasteiger partial charge >= 0.3 is 0 Å². The van der Waals surface area contributed by atoms with Gasteiger partial charge in [0.1, 0.15) is 0 Å². The summed E-state index contributed by atoms with van der Waals surface area (Å²) in [7, 11) is -1.79. The van der Waals surface area contributed by atoms with E-state index >= 15 is 0 Å². The topological polar surface area (TPSA) is 86.9 Å². The summed E-state index contributed by atoms with van der Waals surface area (Å²) in [5, 5.41) is 6.37. The van der Waals surface area contributed by atoms with Gasteiger partial charge in [-0.25, -0.2) is 8.42 Å². The van der Waals surface area contributed by atoms with Gasteiger partial charge in [-0.15, -0.1) is 0 Å². The summed E-state index contributed by atoms with van der Waals surface area (Å²) in [4.78, 5) is 4.55. The van der Waals surface area contributed by atoms with Gasteiger partial charge in [-0.2, -0.15) is 4.31 Å². The number of rotatable bonds is 6. The maximum Gasteiger partial charge on any atom is 0.243 e. The molecule has 0 atom stereocenters. The zero-order chi connectivity index (χ0) is 19.1. The third kappa shape index (κ3) is 4.90. The lowest BCUT2D eigenvalue weighted by Gasteiger charge is -2.27. The number of piperidine rings is 1. The van der Waals surface area contributed by atoms with Gasteiger partial charge in [0.15, 0.2) is 5.96 Å². The summed E-state index contributed by atoms with van der Waals surface area (Å²) in [5.41, 5.74) is 1.74. The Hall–Kier alpha value is -2.32. The van der Waals surface area contributed by atoms with Gasteiger partial charge in [-0.05, 0) is 30.5 Å². The van der Waals surface area contributed by atoms with Gasteiger partial charge in [0.2, 0.25) is 10.0 Å². The van der Waals surface area contributed by atoms with Crippen molar-refractivity contribution >= 4 is 16.0 Å². The fourth-order valence-electron chi connectivity index (χ4n) is 3.12. The highest BCUT2D eigenvalue weighted by atomic mass is 32.2. The van der Waals surface area contributed by atoms with Crippen LogP contribution in [0.4, 0.5) is 0 Å². The molecule has 1 aliphatic heterocycles. The van der Waals surface area contributed by atoms with Crippen molar-refractivity contribution in [1.82, 2.24) is 14.9 Å². The monoisotopic (exact) mass is 390 g/mol. The number of guanidine groups is 1. The van der Waals surface area contributed by atoms with Crippen molar-refractivity contribution in [1.29, 1.82) is 0 Å². The Morgan fingerprint density at radius 3 is 2.56 bits per heavy atom. The summed E-state index contributed by atoms with van der Waals surface area (Å²) in [6.07, 6.45) is 6.22. The van der Waals surface area contributed by atoms with Crippen LogP contribution in [-0.4, -0.2) is 38.8 Å². The normalized spacial score (nSPS) is 16.3. The molecule has 1 saturated heterocycles. The lowest BCUT2D eigenvalue weighted by atomic mass is 10.2. The van der Waals surface area contributed by atoms with Gasteiger partial charge in [0, 0.05) is 38.8 Å². The van der Waals surface area contributed by atoms with E-state index in [0.717, 1.165) is 30.4 Å². The van der Waals surface area contributed by atoms with Crippen LogP contribution in [0.1, 0.15) is 30.4 Å². The smallest absolute Gasteiger partial charge is 0.243 e. The molecule has 7 nitrogen and oxygen atoms in total. The zero-order valence-electron chi connectivity index (χ0n) is 15.5. The van der Waals surface area contributed by atoms with Gasteiger partial charge in [0.05, 0.1) is 17.4 Å². The summed E-state index contributed by atoms with van der Waals surface area (Å²) in [5.74, 6) is 0.598. The molecule has 2 N–H and O–H groups in total. The van der Waals surface area contributed by atoms with Crippen molar-refractivity contribution < 1.29 is 12.8 Å². The van der Waals surface area contributed by atoms with E-state index in [2.05, 4.69) is 15.6 Å². The molecule has 1 aliphatic rings. The maximum atomic E-state index is 13.0. The summed E-state index contributed by atoms with van der Waals surface area (Å²) >= 11 is 0. The fourth-order valence-corrected chi connectivity index (χ4v) is 4.86. The van der Waals surface area contributed by atoms with Crippen LogP contribution < -0.4 is 10.6 Å². The highest BCUT2D eigenvalue weighted by Crippen LogP contribution is 2.23. The van der Waals surface area contributed by atoms with Crippen LogP contribution in [-0.2, 0) is 23.1 Å². The SMILES string of the molecule is CN=C(NCc1ccoc1)NCc1ccccc1S(=O)(=O)N1CCCCC1. The zero-order valence-corrected chi connectivity index (χ0v) is 16.3. The highest BCUT2D eigenvalue weighted by molar-refractivity contribution is 7.89. The van der Waals surface area contributed by atoms with Crippen LogP contribution in [0.25, 0.3) is 0 Å². The van der Waals surface area contributed by atoms with Crippen molar-refractivity contribution in [2.75, 3.05) is 20.1 Å². The minimum absolute atomic E-state index is 0.365. The number of hydrogen-bond acceptors (Lipinski definition) is 4. The second-order valence-electron chi connectivity index (χ2n) is 6.48. The van der Waals surface area contributed by atoms with Crippen LogP contribution >= 0.6 is 0 Å². The third-order valence-corrected chi connectivity index (χ3v) is 6.61. The van der Waals surface area contributed by atoms with E-state index < -0.39 is 10.0 Å². The predicted molar refractivity (Wildman–Crippen MR) is 105 cm³/mol. The van der Waals surface area contributed by atoms with Crippen molar-refractivity contribution in [2.24, 2.45) is 4.99 Å². The van der Waals surface area contributed by atoms with E-state index in [1.54, 1.807) is 36.0 Å². The number of hydrogen-bond donors (Lipinski definition) is 2. The lowest BCUT2D eigenvalue weighted by molar-refractivity contribution is 0.346. The average Bonchev–Trinajstić information content (AvgIpc) is 3.22. The summed E-state index contributed by atoms with van der Waals surface area (Å²) in [6.45, 7) is 2.13. The van der Waals surface area contributed by atoms with Gasteiger partial charge in [-0.1, -0.05) is 24.6 Å². The van der Waals surface area contributed by atoms with Gasteiger partial charge in [-0.3, -0.25) is 4.99 Å².